The zero-order valence-corrected chi connectivity index (χ0v) is 18.2. The SMILES string of the molecule is CCCCOc1ccc(-c2cc(C(F)(F)F)n(C)n2)c(O)c1-c1ccc(Cl)c(C(F)(F)F)c1. The van der Waals surface area contributed by atoms with Crippen molar-refractivity contribution in [3.63, 3.8) is 0 Å². The molecule has 0 radical (unpaired) electrons. The van der Waals surface area contributed by atoms with Gasteiger partial charge in [-0.25, -0.2) is 0 Å². The van der Waals surface area contributed by atoms with E-state index >= 15 is 0 Å². The largest absolute Gasteiger partial charge is 0.506 e. The number of hydrogen-bond donors (Lipinski definition) is 1. The van der Waals surface area contributed by atoms with Crippen LogP contribution in [0.2, 0.25) is 5.02 Å². The number of rotatable bonds is 6. The average Bonchev–Trinajstić information content (AvgIpc) is 3.10. The number of aromatic nitrogens is 2. The quantitative estimate of drug-likeness (QED) is 0.289. The molecule has 0 saturated carbocycles. The standard InChI is InChI=1S/C22H19ClF6N2O2/c1-3-4-9-33-17-8-6-13(16-11-18(22(27,28)29)31(2)30-16)20(32)19(17)12-5-7-15(23)14(10-12)21(24,25)26/h5-8,10-11,32H,3-4,9H2,1-2H3. The van der Waals surface area contributed by atoms with Gasteiger partial charge in [-0.05, 0) is 42.3 Å². The predicted octanol–water partition coefficient (Wildman–Crippen LogP) is 7.33. The molecule has 0 aliphatic heterocycles. The van der Waals surface area contributed by atoms with Crippen LogP contribution in [0.4, 0.5) is 26.3 Å². The highest BCUT2D eigenvalue weighted by Crippen LogP contribution is 2.46. The van der Waals surface area contributed by atoms with Crippen molar-refractivity contribution < 1.29 is 36.2 Å². The Hall–Kier alpha value is -2.88. The number of hydrogen-bond acceptors (Lipinski definition) is 3. The van der Waals surface area contributed by atoms with Crippen LogP contribution in [0.15, 0.2) is 36.4 Å². The molecule has 0 spiro atoms. The fourth-order valence-electron chi connectivity index (χ4n) is 3.27. The van der Waals surface area contributed by atoms with Crippen molar-refractivity contribution in [2.75, 3.05) is 6.61 Å². The molecule has 0 fully saturated rings. The molecule has 0 atom stereocenters. The molecule has 0 aliphatic carbocycles. The number of benzene rings is 2. The van der Waals surface area contributed by atoms with Crippen LogP contribution < -0.4 is 4.74 Å². The second kappa shape index (κ2) is 9.17. The number of halogens is 7. The van der Waals surface area contributed by atoms with Crippen LogP contribution in [0.3, 0.4) is 0 Å². The normalized spacial score (nSPS) is 12.3. The van der Waals surface area contributed by atoms with Crippen molar-refractivity contribution in [3.8, 4) is 33.9 Å². The molecule has 11 heteroatoms. The van der Waals surface area contributed by atoms with E-state index in [0.717, 1.165) is 31.7 Å². The van der Waals surface area contributed by atoms with Crippen LogP contribution in [0.5, 0.6) is 11.5 Å². The minimum atomic E-state index is -4.76. The van der Waals surface area contributed by atoms with E-state index in [9.17, 15) is 31.4 Å². The Morgan fingerprint density at radius 2 is 1.73 bits per heavy atom. The lowest BCUT2D eigenvalue weighted by molar-refractivity contribution is -0.143. The molecule has 3 aromatic rings. The highest BCUT2D eigenvalue weighted by molar-refractivity contribution is 6.31. The first-order valence-corrected chi connectivity index (χ1v) is 10.2. The summed E-state index contributed by atoms with van der Waals surface area (Å²) >= 11 is 5.71. The van der Waals surface area contributed by atoms with Gasteiger partial charge in [0.25, 0.3) is 0 Å². The first-order chi connectivity index (χ1) is 15.3. The fourth-order valence-corrected chi connectivity index (χ4v) is 3.49. The van der Waals surface area contributed by atoms with Crippen LogP contribution >= 0.6 is 11.6 Å². The smallest absolute Gasteiger partial charge is 0.433 e. The van der Waals surface area contributed by atoms with Gasteiger partial charge in [0.15, 0.2) is 0 Å². The summed E-state index contributed by atoms with van der Waals surface area (Å²) in [4.78, 5) is 0. The zero-order chi connectivity index (χ0) is 24.6. The van der Waals surface area contributed by atoms with Crippen molar-refractivity contribution in [1.29, 1.82) is 0 Å². The van der Waals surface area contributed by atoms with Crippen LogP contribution in [0, 0.1) is 0 Å². The van der Waals surface area contributed by atoms with Crippen molar-refractivity contribution in [2.45, 2.75) is 32.1 Å². The lowest BCUT2D eigenvalue weighted by atomic mass is 9.97. The molecule has 0 unspecified atom stereocenters. The van der Waals surface area contributed by atoms with Crippen LogP contribution in [-0.2, 0) is 19.4 Å². The van der Waals surface area contributed by atoms with Gasteiger partial charge in [0.2, 0.25) is 0 Å². The second-order valence-corrected chi connectivity index (χ2v) is 7.67. The summed E-state index contributed by atoms with van der Waals surface area (Å²) in [5.74, 6) is -0.488. The molecular formula is C22H19ClF6N2O2. The van der Waals surface area contributed by atoms with Crippen molar-refractivity contribution >= 4 is 11.6 Å². The summed E-state index contributed by atoms with van der Waals surface area (Å²) in [5, 5.41) is 14.3. The number of nitrogens with zero attached hydrogens (tertiary/aromatic N) is 2. The molecule has 0 bridgehead atoms. The fraction of sp³-hybridized carbons (Fsp3) is 0.318. The van der Waals surface area contributed by atoms with E-state index < -0.39 is 34.4 Å². The zero-order valence-electron chi connectivity index (χ0n) is 17.5. The van der Waals surface area contributed by atoms with Gasteiger partial charge in [-0.15, -0.1) is 0 Å². The number of ether oxygens (including phenoxy) is 1. The van der Waals surface area contributed by atoms with Crippen molar-refractivity contribution in [2.24, 2.45) is 7.05 Å². The van der Waals surface area contributed by atoms with Crippen molar-refractivity contribution in [3.05, 3.63) is 52.7 Å². The summed E-state index contributed by atoms with van der Waals surface area (Å²) in [6.45, 7) is 2.14. The highest BCUT2D eigenvalue weighted by Gasteiger charge is 2.36. The molecule has 3 rings (SSSR count). The Labute approximate surface area is 190 Å². The predicted molar refractivity (Wildman–Crippen MR) is 111 cm³/mol. The van der Waals surface area contributed by atoms with Gasteiger partial charge in [-0.1, -0.05) is 31.0 Å². The molecule has 178 valence electrons. The molecule has 4 nitrogen and oxygen atoms in total. The van der Waals surface area contributed by atoms with E-state index in [2.05, 4.69) is 5.10 Å². The molecule has 0 saturated heterocycles. The Bertz CT molecular complexity index is 1160. The Morgan fingerprint density at radius 1 is 1.03 bits per heavy atom. The molecule has 2 aromatic carbocycles. The van der Waals surface area contributed by atoms with Gasteiger partial charge in [0.05, 0.1) is 28.5 Å². The number of phenols is 1. The molecule has 1 N–H and O–H groups in total. The number of phenolic OH excluding ortho intramolecular Hbond substituents is 1. The van der Waals surface area contributed by atoms with E-state index in [1.54, 1.807) is 0 Å². The number of aryl methyl sites for hydroxylation is 1. The monoisotopic (exact) mass is 492 g/mol. The van der Waals surface area contributed by atoms with E-state index in [1.807, 2.05) is 6.92 Å². The molecule has 1 aromatic heterocycles. The lowest BCUT2D eigenvalue weighted by Gasteiger charge is -2.17. The van der Waals surface area contributed by atoms with Crippen LogP contribution in [-0.4, -0.2) is 21.5 Å². The second-order valence-electron chi connectivity index (χ2n) is 7.27. The van der Waals surface area contributed by atoms with E-state index in [4.69, 9.17) is 16.3 Å². The summed E-state index contributed by atoms with van der Waals surface area (Å²) in [5.41, 5.74) is -2.64. The summed E-state index contributed by atoms with van der Waals surface area (Å²) < 4.78 is 86.1. The third kappa shape index (κ3) is 5.21. The topological polar surface area (TPSA) is 47.3 Å². The number of alkyl halides is 6. The van der Waals surface area contributed by atoms with Gasteiger partial charge in [0, 0.05) is 12.6 Å². The maximum atomic E-state index is 13.4. The van der Waals surface area contributed by atoms with Gasteiger partial charge >= 0.3 is 12.4 Å². The van der Waals surface area contributed by atoms with E-state index in [1.165, 1.54) is 18.2 Å². The third-order valence-corrected chi connectivity index (χ3v) is 5.23. The molecule has 33 heavy (non-hydrogen) atoms. The highest BCUT2D eigenvalue weighted by atomic mass is 35.5. The summed E-state index contributed by atoms with van der Waals surface area (Å²) in [6.07, 6.45) is -8.01. The number of aromatic hydroxyl groups is 1. The van der Waals surface area contributed by atoms with Crippen LogP contribution in [0.1, 0.15) is 31.0 Å². The minimum Gasteiger partial charge on any atom is -0.506 e. The first kappa shape index (κ1) is 24.8. The Kier molecular flexibility index (Phi) is 6.88. The molecule has 1 heterocycles. The minimum absolute atomic E-state index is 0.0652. The first-order valence-electron chi connectivity index (χ1n) is 9.82. The van der Waals surface area contributed by atoms with Gasteiger partial charge < -0.3 is 9.84 Å². The van der Waals surface area contributed by atoms with E-state index in [-0.39, 0.29) is 34.7 Å². The van der Waals surface area contributed by atoms with Gasteiger partial charge in [-0.2, -0.15) is 31.4 Å². The third-order valence-electron chi connectivity index (χ3n) is 4.90. The maximum Gasteiger partial charge on any atom is 0.433 e. The van der Waals surface area contributed by atoms with Crippen molar-refractivity contribution in [1.82, 2.24) is 9.78 Å². The Balaban J connectivity index is 2.21. The summed E-state index contributed by atoms with van der Waals surface area (Å²) in [7, 11) is 1.10. The van der Waals surface area contributed by atoms with Gasteiger partial charge in [-0.3, -0.25) is 4.68 Å². The molecule has 0 aliphatic rings. The van der Waals surface area contributed by atoms with Crippen LogP contribution in [0.25, 0.3) is 22.4 Å². The average molecular weight is 493 g/mol. The lowest BCUT2D eigenvalue weighted by Crippen LogP contribution is -2.11. The molecular weight excluding hydrogens is 474 g/mol. The Morgan fingerprint density at radius 3 is 2.30 bits per heavy atom. The molecule has 0 amide bonds. The summed E-state index contributed by atoms with van der Waals surface area (Å²) in [6, 6.07) is 6.49. The van der Waals surface area contributed by atoms with E-state index in [0.29, 0.717) is 11.1 Å². The maximum absolute atomic E-state index is 13.4. The number of unbranched alkanes of at least 4 members (excludes halogenated alkanes) is 1. The van der Waals surface area contributed by atoms with Gasteiger partial charge in [0.1, 0.15) is 17.2 Å².